The molecule has 2 aromatic rings. The summed E-state index contributed by atoms with van der Waals surface area (Å²) < 4.78 is 37.8. The smallest absolute Gasteiger partial charge is 0.251 e. The number of benzene rings is 1. The largest absolute Gasteiger partial charge is 0.467 e. The van der Waals surface area contributed by atoms with Gasteiger partial charge in [0.1, 0.15) is 5.76 Å². The molecule has 3 rings (SSSR count). The molecule has 1 aromatic carbocycles. The fourth-order valence-corrected chi connectivity index (χ4v) is 4.53. The second-order valence-electron chi connectivity index (χ2n) is 6.37. The molecule has 2 heterocycles. The first kappa shape index (κ1) is 18.6. The first-order valence-corrected chi connectivity index (χ1v) is 9.86. The molecule has 1 N–H and O–H groups in total. The van der Waals surface area contributed by atoms with Gasteiger partial charge in [-0.15, -0.1) is 0 Å². The van der Waals surface area contributed by atoms with Gasteiger partial charge in [0.2, 0.25) is 10.0 Å². The zero-order valence-electron chi connectivity index (χ0n) is 14.7. The first-order valence-electron chi connectivity index (χ1n) is 8.42. The average Bonchev–Trinajstić information content (AvgIpc) is 3.12. The van der Waals surface area contributed by atoms with Crippen LogP contribution in [0, 0.1) is 0 Å². The minimum absolute atomic E-state index is 0.153. The van der Waals surface area contributed by atoms with Gasteiger partial charge in [-0.05, 0) is 50.2 Å². The molecular formula is C18H22N2O5S. The van der Waals surface area contributed by atoms with Gasteiger partial charge in [0.25, 0.3) is 5.91 Å². The van der Waals surface area contributed by atoms with E-state index in [2.05, 4.69) is 5.32 Å². The summed E-state index contributed by atoms with van der Waals surface area (Å²) in [5.74, 6) is 0.354. The van der Waals surface area contributed by atoms with E-state index in [0.717, 1.165) is 0 Å². The maximum atomic E-state index is 12.8. The minimum Gasteiger partial charge on any atom is -0.467 e. The zero-order chi connectivity index (χ0) is 18.7. The lowest BCUT2D eigenvalue weighted by Gasteiger charge is -2.34. The molecule has 140 valence electrons. The van der Waals surface area contributed by atoms with Crippen molar-refractivity contribution >= 4 is 15.9 Å². The molecule has 1 aliphatic heterocycles. The predicted octanol–water partition coefficient (Wildman–Crippen LogP) is 2.01. The van der Waals surface area contributed by atoms with Crippen molar-refractivity contribution < 1.29 is 22.4 Å². The molecule has 1 aliphatic rings. The molecule has 0 aliphatic carbocycles. The van der Waals surface area contributed by atoms with Crippen molar-refractivity contribution in [1.29, 1.82) is 0 Å². The molecule has 1 fully saturated rings. The van der Waals surface area contributed by atoms with Gasteiger partial charge < -0.3 is 14.5 Å². The summed E-state index contributed by atoms with van der Waals surface area (Å²) in [4.78, 5) is 12.3. The topological polar surface area (TPSA) is 88.9 Å². The Balaban J connectivity index is 1.69. The van der Waals surface area contributed by atoms with Crippen LogP contribution in [-0.4, -0.2) is 43.9 Å². The molecule has 0 spiro atoms. The fourth-order valence-electron chi connectivity index (χ4n) is 2.94. The summed E-state index contributed by atoms with van der Waals surface area (Å²) in [6.45, 7) is 4.61. The highest BCUT2D eigenvalue weighted by molar-refractivity contribution is 7.89. The standard InChI is InChI=1S/C18H22N2O5S/c1-13-11-20(12-14(2)25-13)26(22,23)17-7-5-15(6-8-17)18(21)19-10-16-4-3-9-24-16/h3-9,13-14H,10-12H2,1-2H3,(H,19,21)/t13-,14-/m1/s1. The van der Waals surface area contributed by atoms with Crippen LogP contribution < -0.4 is 5.32 Å². The number of nitrogens with zero attached hydrogens (tertiary/aromatic N) is 1. The number of rotatable bonds is 5. The van der Waals surface area contributed by atoms with Crippen molar-refractivity contribution in [2.45, 2.75) is 37.5 Å². The van der Waals surface area contributed by atoms with E-state index in [1.807, 2.05) is 13.8 Å². The minimum atomic E-state index is -3.61. The van der Waals surface area contributed by atoms with Gasteiger partial charge in [0.15, 0.2) is 0 Å². The van der Waals surface area contributed by atoms with Gasteiger partial charge >= 0.3 is 0 Å². The Hall–Kier alpha value is -2.16. The molecule has 2 atom stereocenters. The first-order chi connectivity index (χ1) is 12.4. The third-order valence-corrected chi connectivity index (χ3v) is 5.99. The lowest BCUT2D eigenvalue weighted by atomic mass is 10.2. The fraction of sp³-hybridized carbons (Fsp3) is 0.389. The molecule has 0 bridgehead atoms. The molecule has 1 saturated heterocycles. The highest BCUT2D eigenvalue weighted by Crippen LogP contribution is 2.21. The predicted molar refractivity (Wildman–Crippen MR) is 95.1 cm³/mol. The van der Waals surface area contributed by atoms with E-state index < -0.39 is 10.0 Å². The van der Waals surface area contributed by atoms with Crippen LogP contribution in [0.2, 0.25) is 0 Å². The van der Waals surface area contributed by atoms with E-state index in [1.165, 1.54) is 34.8 Å². The normalized spacial score (nSPS) is 21.5. The highest BCUT2D eigenvalue weighted by atomic mass is 32.2. The molecule has 8 heteroatoms. The number of carbonyl (C=O) groups excluding carboxylic acids is 1. The van der Waals surface area contributed by atoms with Gasteiger partial charge in [-0.3, -0.25) is 4.79 Å². The number of morpholine rings is 1. The highest BCUT2D eigenvalue weighted by Gasteiger charge is 2.32. The molecule has 0 radical (unpaired) electrons. The van der Waals surface area contributed by atoms with E-state index in [1.54, 1.807) is 12.1 Å². The van der Waals surface area contributed by atoms with E-state index >= 15 is 0 Å². The van der Waals surface area contributed by atoms with Crippen molar-refractivity contribution in [3.8, 4) is 0 Å². The van der Waals surface area contributed by atoms with Gasteiger partial charge in [-0.1, -0.05) is 0 Å². The lowest BCUT2D eigenvalue weighted by molar-refractivity contribution is -0.0440. The van der Waals surface area contributed by atoms with Crippen molar-refractivity contribution in [2.24, 2.45) is 0 Å². The number of furan rings is 1. The van der Waals surface area contributed by atoms with Crippen LogP contribution in [0.5, 0.6) is 0 Å². The Bertz CT molecular complexity index is 836. The Morgan fingerprint density at radius 1 is 1.15 bits per heavy atom. The van der Waals surface area contributed by atoms with Crippen LogP contribution >= 0.6 is 0 Å². The number of sulfonamides is 1. The molecule has 7 nitrogen and oxygen atoms in total. The van der Waals surface area contributed by atoms with Crippen molar-refractivity contribution in [3.63, 3.8) is 0 Å². The second-order valence-corrected chi connectivity index (χ2v) is 8.30. The third-order valence-electron chi connectivity index (χ3n) is 4.14. The SMILES string of the molecule is C[C@@H]1CN(S(=O)(=O)c2ccc(C(=O)NCc3ccco3)cc2)C[C@@H](C)O1. The van der Waals surface area contributed by atoms with E-state index in [9.17, 15) is 13.2 Å². The Kier molecular flexibility index (Phi) is 5.45. The molecule has 26 heavy (non-hydrogen) atoms. The van der Waals surface area contributed by atoms with Gasteiger partial charge in [-0.25, -0.2) is 8.42 Å². The van der Waals surface area contributed by atoms with Crippen molar-refractivity contribution in [3.05, 3.63) is 54.0 Å². The summed E-state index contributed by atoms with van der Waals surface area (Å²) in [5, 5.41) is 2.73. The number of amides is 1. The van der Waals surface area contributed by atoms with Crippen LogP contribution in [0.3, 0.4) is 0 Å². The van der Waals surface area contributed by atoms with Crippen LogP contribution in [0.4, 0.5) is 0 Å². The summed E-state index contributed by atoms with van der Waals surface area (Å²) in [6.07, 6.45) is 1.23. The van der Waals surface area contributed by atoms with Gasteiger partial charge in [0, 0.05) is 18.7 Å². The Labute approximate surface area is 153 Å². The van der Waals surface area contributed by atoms with Crippen molar-refractivity contribution in [1.82, 2.24) is 9.62 Å². The number of ether oxygens (including phenoxy) is 1. The number of hydrogen-bond acceptors (Lipinski definition) is 5. The Morgan fingerprint density at radius 2 is 1.81 bits per heavy atom. The average molecular weight is 378 g/mol. The lowest BCUT2D eigenvalue weighted by Crippen LogP contribution is -2.48. The van der Waals surface area contributed by atoms with E-state index in [4.69, 9.17) is 9.15 Å². The second kappa shape index (κ2) is 7.61. The van der Waals surface area contributed by atoms with Crippen LogP contribution in [-0.2, 0) is 21.3 Å². The number of hydrogen-bond donors (Lipinski definition) is 1. The quantitative estimate of drug-likeness (QED) is 0.860. The summed E-state index contributed by atoms with van der Waals surface area (Å²) in [6, 6.07) is 9.45. The van der Waals surface area contributed by atoms with Crippen LogP contribution in [0.25, 0.3) is 0 Å². The summed E-state index contributed by atoms with van der Waals surface area (Å²) in [7, 11) is -3.61. The Morgan fingerprint density at radius 3 is 2.38 bits per heavy atom. The molecule has 0 saturated carbocycles. The zero-order valence-corrected chi connectivity index (χ0v) is 15.5. The van der Waals surface area contributed by atoms with E-state index in [0.29, 0.717) is 24.4 Å². The monoisotopic (exact) mass is 378 g/mol. The molecular weight excluding hydrogens is 356 g/mol. The van der Waals surface area contributed by atoms with Gasteiger partial charge in [-0.2, -0.15) is 4.31 Å². The summed E-state index contributed by atoms with van der Waals surface area (Å²) in [5.41, 5.74) is 0.388. The van der Waals surface area contributed by atoms with Crippen LogP contribution in [0.1, 0.15) is 30.0 Å². The molecule has 1 aromatic heterocycles. The summed E-state index contributed by atoms with van der Waals surface area (Å²) >= 11 is 0. The van der Waals surface area contributed by atoms with E-state index in [-0.39, 0.29) is 29.6 Å². The molecule has 1 amide bonds. The van der Waals surface area contributed by atoms with Crippen LogP contribution in [0.15, 0.2) is 52.0 Å². The maximum Gasteiger partial charge on any atom is 0.251 e. The maximum absolute atomic E-state index is 12.8. The number of carbonyl (C=O) groups is 1. The third kappa shape index (κ3) is 4.14. The van der Waals surface area contributed by atoms with Gasteiger partial charge in [0.05, 0.1) is 29.9 Å². The number of nitrogens with one attached hydrogen (secondary N) is 1. The van der Waals surface area contributed by atoms with Crippen molar-refractivity contribution in [2.75, 3.05) is 13.1 Å². The molecule has 0 unspecified atom stereocenters.